The molecule has 1 fully saturated rings. The topological polar surface area (TPSA) is 143 Å². The Bertz CT molecular complexity index is 1140. The van der Waals surface area contributed by atoms with Gasteiger partial charge in [0, 0.05) is 31.2 Å². The standard InChI is InChI=1S/C20H23N5O6S/c26-8-7-24-19(27)11-18(20(24)28)22-14-1-3-17(4-2-14)32(29,30)23-15-12-21-25(13-15)16-5-9-31-10-6-16/h1-4,11-13,16,22-23,26H,5-10H2. The summed E-state index contributed by atoms with van der Waals surface area (Å²) in [6.45, 7) is 0.892. The van der Waals surface area contributed by atoms with Crippen LogP contribution in [0, 0.1) is 0 Å². The molecule has 0 saturated carbocycles. The Hall–Kier alpha value is -3.22. The number of hydrogen-bond donors (Lipinski definition) is 3. The predicted molar refractivity (Wildman–Crippen MR) is 114 cm³/mol. The Labute approximate surface area is 184 Å². The van der Waals surface area contributed by atoms with E-state index in [1.54, 1.807) is 10.9 Å². The number of imide groups is 1. The molecule has 1 aromatic heterocycles. The molecule has 1 saturated heterocycles. The first-order chi connectivity index (χ1) is 15.4. The molecule has 3 N–H and O–H groups in total. The minimum absolute atomic E-state index is 0.0339. The van der Waals surface area contributed by atoms with Crippen LogP contribution in [0.25, 0.3) is 0 Å². The molecular formula is C20H23N5O6S. The summed E-state index contributed by atoms with van der Waals surface area (Å²) < 4.78 is 35.1. The quantitative estimate of drug-likeness (QED) is 0.488. The van der Waals surface area contributed by atoms with Crippen molar-refractivity contribution in [1.82, 2.24) is 14.7 Å². The Kier molecular flexibility index (Phi) is 6.26. The van der Waals surface area contributed by atoms with E-state index in [1.165, 1.54) is 30.5 Å². The highest BCUT2D eigenvalue weighted by Crippen LogP contribution is 2.24. The monoisotopic (exact) mass is 461 g/mol. The number of aromatic nitrogens is 2. The van der Waals surface area contributed by atoms with E-state index in [-0.39, 0.29) is 29.8 Å². The lowest BCUT2D eigenvalue weighted by Gasteiger charge is -2.22. The number of carbonyl (C=O) groups excluding carboxylic acids is 2. The van der Waals surface area contributed by atoms with Crippen LogP contribution in [0.2, 0.25) is 0 Å². The SMILES string of the molecule is O=C1C=C(Nc2ccc(S(=O)(=O)Nc3cnn(C4CCOCC4)c3)cc2)C(=O)N1CCO. The van der Waals surface area contributed by atoms with Gasteiger partial charge < -0.3 is 15.2 Å². The number of benzene rings is 1. The van der Waals surface area contributed by atoms with Crippen LogP contribution in [0.15, 0.2) is 53.3 Å². The molecule has 0 aliphatic carbocycles. The summed E-state index contributed by atoms with van der Waals surface area (Å²) in [6.07, 6.45) is 5.92. The number of aliphatic hydroxyl groups excluding tert-OH is 1. The lowest BCUT2D eigenvalue weighted by Crippen LogP contribution is -2.34. The predicted octanol–water partition coefficient (Wildman–Crippen LogP) is 0.692. The van der Waals surface area contributed by atoms with Crippen molar-refractivity contribution in [3.63, 3.8) is 0 Å². The molecule has 170 valence electrons. The van der Waals surface area contributed by atoms with Crippen LogP contribution in [0.1, 0.15) is 18.9 Å². The fourth-order valence-corrected chi connectivity index (χ4v) is 4.56. The van der Waals surface area contributed by atoms with Crippen LogP contribution in [0.3, 0.4) is 0 Å². The van der Waals surface area contributed by atoms with Crippen molar-refractivity contribution < 1.29 is 27.9 Å². The van der Waals surface area contributed by atoms with Crippen molar-refractivity contribution >= 4 is 33.2 Å². The molecule has 11 nitrogen and oxygen atoms in total. The van der Waals surface area contributed by atoms with Gasteiger partial charge in [-0.2, -0.15) is 5.10 Å². The minimum atomic E-state index is -3.84. The number of ether oxygens (including phenoxy) is 1. The van der Waals surface area contributed by atoms with Gasteiger partial charge in [-0.05, 0) is 37.1 Å². The summed E-state index contributed by atoms with van der Waals surface area (Å²) in [7, 11) is -3.84. The van der Waals surface area contributed by atoms with E-state index in [4.69, 9.17) is 9.84 Å². The first kappa shape index (κ1) is 22.0. The second kappa shape index (κ2) is 9.10. The zero-order chi connectivity index (χ0) is 22.7. The van der Waals surface area contributed by atoms with Gasteiger partial charge in [0.05, 0.1) is 36.0 Å². The van der Waals surface area contributed by atoms with Gasteiger partial charge in [-0.3, -0.25) is 23.9 Å². The molecular weight excluding hydrogens is 438 g/mol. The number of sulfonamides is 1. The molecule has 0 spiro atoms. The molecule has 3 heterocycles. The molecule has 2 aliphatic heterocycles. The third-order valence-electron chi connectivity index (χ3n) is 5.20. The van der Waals surface area contributed by atoms with Crippen molar-refractivity contribution in [3.05, 3.63) is 48.4 Å². The van der Waals surface area contributed by atoms with E-state index in [2.05, 4.69) is 15.1 Å². The zero-order valence-electron chi connectivity index (χ0n) is 17.1. The molecule has 2 aliphatic rings. The maximum atomic E-state index is 12.7. The summed E-state index contributed by atoms with van der Waals surface area (Å²) in [6, 6.07) is 5.95. The highest BCUT2D eigenvalue weighted by molar-refractivity contribution is 7.92. The highest BCUT2D eigenvalue weighted by atomic mass is 32.2. The Morgan fingerprint density at radius 3 is 2.53 bits per heavy atom. The van der Waals surface area contributed by atoms with E-state index in [9.17, 15) is 18.0 Å². The number of hydrogen-bond acceptors (Lipinski definition) is 8. The fourth-order valence-electron chi connectivity index (χ4n) is 3.54. The molecule has 12 heteroatoms. The van der Waals surface area contributed by atoms with Crippen LogP contribution < -0.4 is 10.0 Å². The summed E-state index contributed by atoms with van der Waals surface area (Å²) in [5.41, 5.74) is 0.857. The number of nitrogens with zero attached hydrogens (tertiary/aromatic N) is 3. The second-order valence-corrected chi connectivity index (χ2v) is 9.07. The Balaban J connectivity index is 1.41. The van der Waals surface area contributed by atoms with Gasteiger partial charge in [-0.15, -0.1) is 0 Å². The van der Waals surface area contributed by atoms with Gasteiger partial charge in [0.2, 0.25) is 0 Å². The van der Waals surface area contributed by atoms with Crippen molar-refractivity contribution in [3.8, 4) is 0 Å². The summed E-state index contributed by atoms with van der Waals surface area (Å²) in [5.74, 6) is -1.07. The van der Waals surface area contributed by atoms with Crippen LogP contribution in [0.4, 0.5) is 11.4 Å². The molecule has 0 bridgehead atoms. The number of aliphatic hydroxyl groups is 1. The largest absolute Gasteiger partial charge is 0.395 e. The van der Waals surface area contributed by atoms with Gasteiger partial charge in [0.15, 0.2) is 0 Å². The number of β-amino-alcohol motifs (C(OH)–C–C–N with tert-alkyl or cyclic N) is 1. The molecule has 0 unspecified atom stereocenters. The molecule has 0 radical (unpaired) electrons. The van der Waals surface area contributed by atoms with Crippen molar-refractivity contribution in [2.75, 3.05) is 36.4 Å². The number of rotatable bonds is 8. The lowest BCUT2D eigenvalue weighted by molar-refractivity contribution is -0.137. The Morgan fingerprint density at radius 1 is 1.12 bits per heavy atom. The fraction of sp³-hybridized carbons (Fsp3) is 0.350. The molecule has 1 aromatic carbocycles. The van der Waals surface area contributed by atoms with E-state index in [0.29, 0.717) is 24.6 Å². The summed E-state index contributed by atoms with van der Waals surface area (Å²) >= 11 is 0. The highest BCUT2D eigenvalue weighted by Gasteiger charge is 2.30. The first-order valence-electron chi connectivity index (χ1n) is 10.1. The number of carbonyl (C=O) groups is 2. The third kappa shape index (κ3) is 4.66. The minimum Gasteiger partial charge on any atom is -0.395 e. The van der Waals surface area contributed by atoms with Gasteiger partial charge in [0.25, 0.3) is 21.8 Å². The number of nitrogens with one attached hydrogen (secondary N) is 2. The maximum absolute atomic E-state index is 12.7. The smallest absolute Gasteiger partial charge is 0.277 e. The molecule has 0 atom stereocenters. The van der Waals surface area contributed by atoms with Crippen molar-refractivity contribution in [2.24, 2.45) is 0 Å². The van der Waals surface area contributed by atoms with Crippen molar-refractivity contribution in [1.29, 1.82) is 0 Å². The first-order valence-corrected chi connectivity index (χ1v) is 11.6. The second-order valence-electron chi connectivity index (χ2n) is 7.38. The van der Waals surface area contributed by atoms with E-state index in [0.717, 1.165) is 23.8 Å². The third-order valence-corrected chi connectivity index (χ3v) is 6.59. The number of anilines is 2. The number of amides is 2. The Morgan fingerprint density at radius 2 is 1.84 bits per heavy atom. The van der Waals surface area contributed by atoms with Gasteiger partial charge in [-0.1, -0.05) is 0 Å². The van der Waals surface area contributed by atoms with Crippen LogP contribution in [-0.4, -0.2) is 66.4 Å². The van der Waals surface area contributed by atoms with E-state index < -0.39 is 21.8 Å². The van der Waals surface area contributed by atoms with Crippen LogP contribution in [0.5, 0.6) is 0 Å². The summed E-state index contributed by atoms with van der Waals surface area (Å²) in [4.78, 5) is 25.0. The van der Waals surface area contributed by atoms with Crippen molar-refractivity contribution in [2.45, 2.75) is 23.8 Å². The van der Waals surface area contributed by atoms with Crippen LogP contribution in [-0.2, 0) is 24.3 Å². The van der Waals surface area contributed by atoms with Crippen LogP contribution >= 0.6 is 0 Å². The van der Waals surface area contributed by atoms with E-state index >= 15 is 0 Å². The van der Waals surface area contributed by atoms with Gasteiger partial charge in [-0.25, -0.2) is 8.42 Å². The van der Waals surface area contributed by atoms with Gasteiger partial charge in [0.1, 0.15) is 5.70 Å². The molecule has 32 heavy (non-hydrogen) atoms. The maximum Gasteiger partial charge on any atom is 0.277 e. The average Bonchev–Trinajstić information content (AvgIpc) is 3.34. The van der Waals surface area contributed by atoms with Gasteiger partial charge >= 0.3 is 0 Å². The zero-order valence-corrected chi connectivity index (χ0v) is 17.9. The normalized spacial score (nSPS) is 17.5. The molecule has 2 aromatic rings. The van der Waals surface area contributed by atoms with E-state index in [1.807, 2.05) is 0 Å². The molecule has 4 rings (SSSR count). The molecule has 2 amide bonds. The summed E-state index contributed by atoms with van der Waals surface area (Å²) in [5, 5.41) is 16.0. The lowest BCUT2D eigenvalue weighted by atomic mass is 10.1. The average molecular weight is 462 g/mol.